The highest BCUT2D eigenvalue weighted by atomic mass is 16.3. The number of hydrogen-bond donors (Lipinski definition) is 0. The number of aromatic nitrogens is 2. The molecule has 11 rings (SSSR count). The molecule has 0 fully saturated rings. The summed E-state index contributed by atoms with van der Waals surface area (Å²) in [5.74, 6) is 0. The van der Waals surface area contributed by atoms with Crippen LogP contribution in [0.3, 0.4) is 0 Å². The molecule has 0 amide bonds. The van der Waals surface area contributed by atoms with Crippen LogP contribution in [0.5, 0.6) is 0 Å². The van der Waals surface area contributed by atoms with Crippen LogP contribution in [0.25, 0.3) is 88.9 Å². The highest BCUT2D eigenvalue weighted by molar-refractivity contribution is 6.15. The van der Waals surface area contributed by atoms with Crippen LogP contribution in [0.2, 0.25) is 0 Å². The molecule has 0 saturated carbocycles. The molecule has 11 aromatic rings. The van der Waals surface area contributed by atoms with Crippen molar-refractivity contribution in [2.24, 2.45) is 0 Å². The molecule has 4 heteroatoms. The smallest absolute Gasteiger partial charge is 0.137 e. The number of fused-ring (bicyclic) bond motifs is 4. The largest absolute Gasteiger partial charge is 0.456 e. The van der Waals surface area contributed by atoms with Crippen molar-refractivity contribution in [3.8, 4) is 55.9 Å². The third-order valence-corrected chi connectivity index (χ3v) is 11.3. The van der Waals surface area contributed by atoms with Gasteiger partial charge in [-0.15, -0.1) is 0 Å². The molecule has 0 saturated heterocycles. The third kappa shape index (κ3) is 6.37. The van der Waals surface area contributed by atoms with Crippen molar-refractivity contribution in [3.63, 3.8) is 0 Å². The van der Waals surface area contributed by atoms with E-state index < -0.39 is 0 Å². The zero-order chi connectivity index (χ0) is 39.8. The van der Waals surface area contributed by atoms with E-state index in [0.29, 0.717) is 0 Å². The quantitative estimate of drug-likeness (QED) is 0.154. The first-order valence-electron chi connectivity index (χ1n) is 20.2. The second kappa shape index (κ2) is 15.0. The molecule has 9 aromatic carbocycles. The Morgan fingerprint density at radius 3 is 1.47 bits per heavy atom. The highest BCUT2D eigenvalue weighted by Crippen LogP contribution is 2.47. The number of anilines is 3. The summed E-state index contributed by atoms with van der Waals surface area (Å²) in [6.45, 7) is 0. The lowest BCUT2D eigenvalue weighted by molar-refractivity contribution is 0.669. The van der Waals surface area contributed by atoms with E-state index in [1.165, 1.54) is 11.1 Å². The molecule has 0 bridgehead atoms. The summed E-state index contributed by atoms with van der Waals surface area (Å²) in [5.41, 5.74) is 17.0. The first-order chi connectivity index (χ1) is 29.7. The van der Waals surface area contributed by atoms with Gasteiger partial charge in [-0.05, 0) is 88.5 Å². The molecule has 2 aromatic heterocycles. The average Bonchev–Trinajstić information content (AvgIpc) is 3.71. The maximum Gasteiger partial charge on any atom is 0.137 e. The Labute approximate surface area is 348 Å². The number of benzene rings is 9. The van der Waals surface area contributed by atoms with Crippen LogP contribution in [0.15, 0.2) is 229 Å². The number of furan rings is 1. The van der Waals surface area contributed by atoms with Crippen LogP contribution >= 0.6 is 0 Å². The van der Waals surface area contributed by atoms with Crippen LogP contribution in [0, 0.1) is 0 Å². The van der Waals surface area contributed by atoms with E-state index >= 15 is 0 Å². The molecular formula is C56H37N3O. The minimum Gasteiger partial charge on any atom is -0.456 e. The maximum absolute atomic E-state index is 6.68. The molecule has 0 aliphatic heterocycles. The van der Waals surface area contributed by atoms with Gasteiger partial charge in [-0.3, -0.25) is 0 Å². The maximum atomic E-state index is 6.68. The number of nitrogens with zero attached hydrogens (tertiary/aromatic N) is 3. The Morgan fingerprint density at radius 2 is 0.817 bits per heavy atom. The summed E-state index contributed by atoms with van der Waals surface area (Å²) < 4.78 is 6.68. The second-order valence-corrected chi connectivity index (χ2v) is 14.9. The van der Waals surface area contributed by atoms with E-state index in [9.17, 15) is 0 Å². The van der Waals surface area contributed by atoms with Crippen molar-refractivity contribution in [2.75, 3.05) is 4.90 Å². The molecule has 0 spiro atoms. The molecular weight excluding hydrogens is 731 g/mol. The van der Waals surface area contributed by atoms with Crippen LogP contribution < -0.4 is 4.90 Å². The molecule has 0 unspecified atom stereocenters. The van der Waals surface area contributed by atoms with E-state index in [1.807, 2.05) is 30.3 Å². The van der Waals surface area contributed by atoms with Gasteiger partial charge in [0.25, 0.3) is 0 Å². The van der Waals surface area contributed by atoms with Crippen molar-refractivity contribution >= 4 is 50.0 Å². The number of hydrogen-bond acceptors (Lipinski definition) is 4. The van der Waals surface area contributed by atoms with Gasteiger partial charge in [0.2, 0.25) is 0 Å². The summed E-state index contributed by atoms with van der Waals surface area (Å²) in [5, 5.41) is 2.02. The van der Waals surface area contributed by atoms with Gasteiger partial charge < -0.3 is 9.32 Å². The Morgan fingerprint density at radius 1 is 0.333 bits per heavy atom. The van der Waals surface area contributed by atoms with Gasteiger partial charge in [-0.25, -0.2) is 9.97 Å². The lowest BCUT2D eigenvalue weighted by atomic mass is 9.98. The molecule has 0 aliphatic carbocycles. The van der Waals surface area contributed by atoms with E-state index in [4.69, 9.17) is 14.4 Å². The van der Waals surface area contributed by atoms with Crippen LogP contribution in [-0.4, -0.2) is 9.97 Å². The van der Waals surface area contributed by atoms with Gasteiger partial charge in [0.05, 0.1) is 39.2 Å². The van der Waals surface area contributed by atoms with Crippen LogP contribution in [0.1, 0.15) is 0 Å². The van der Waals surface area contributed by atoms with E-state index in [0.717, 1.165) is 94.8 Å². The molecule has 2 heterocycles. The van der Waals surface area contributed by atoms with Gasteiger partial charge in [0.1, 0.15) is 11.2 Å². The lowest BCUT2D eigenvalue weighted by Gasteiger charge is -2.28. The lowest BCUT2D eigenvalue weighted by Crippen LogP contribution is -2.11. The predicted molar refractivity (Wildman–Crippen MR) is 249 cm³/mol. The minimum absolute atomic E-state index is 0.805. The van der Waals surface area contributed by atoms with Gasteiger partial charge >= 0.3 is 0 Å². The first kappa shape index (κ1) is 35.1. The highest BCUT2D eigenvalue weighted by Gasteiger charge is 2.23. The number of rotatable bonds is 8. The van der Waals surface area contributed by atoms with E-state index in [1.54, 1.807) is 0 Å². The molecule has 282 valence electrons. The van der Waals surface area contributed by atoms with Crippen molar-refractivity contribution in [1.82, 2.24) is 9.97 Å². The van der Waals surface area contributed by atoms with Gasteiger partial charge in [-0.2, -0.15) is 0 Å². The Kier molecular flexibility index (Phi) is 8.79. The molecule has 0 radical (unpaired) electrons. The van der Waals surface area contributed by atoms with Crippen LogP contribution in [0.4, 0.5) is 17.1 Å². The third-order valence-electron chi connectivity index (χ3n) is 11.3. The predicted octanol–water partition coefficient (Wildman–Crippen LogP) is 15.3. The summed E-state index contributed by atoms with van der Waals surface area (Å²) in [6, 6.07) is 78.6. The molecule has 0 N–H and O–H groups in total. The first-order valence-corrected chi connectivity index (χ1v) is 20.2. The Hall–Kier alpha value is -8.08. The topological polar surface area (TPSA) is 42.2 Å². The molecule has 0 atom stereocenters. The minimum atomic E-state index is 0.805. The summed E-state index contributed by atoms with van der Waals surface area (Å²) in [4.78, 5) is 12.9. The number of para-hydroxylation sites is 3. The van der Waals surface area contributed by atoms with E-state index in [-0.39, 0.29) is 0 Å². The average molecular weight is 768 g/mol. The Balaban J connectivity index is 1.11. The molecule has 4 nitrogen and oxygen atoms in total. The van der Waals surface area contributed by atoms with Gasteiger partial charge in [0, 0.05) is 27.8 Å². The van der Waals surface area contributed by atoms with Crippen LogP contribution in [-0.2, 0) is 0 Å². The Bertz CT molecular complexity index is 3290. The second-order valence-electron chi connectivity index (χ2n) is 14.9. The summed E-state index contributed by atoms with van der Waals surface area (Å²) >= 11 is 0. The SMILES string of the molecule is c1ccc(-c2ccc(-c3nc4ccccc4nc3-c3ccc4oc5cccc(N(c6ccc(-c7ccccc7)cc6)c6ccccc6-c6ccccc6)c5c4c3)cc2)cc1. The van der Waals surface area contributed by atoms with Crippen molar-refractivity contribution in [3.05, 3.63) is 224 Å². The molecule has 60 heavy (non-hydrogen) atoms. The fourth-order valence-corrected chi connectivity index (χ4v) is 8.37. The zero-order valence-corrected chi connectivity index (χ0v) is 32.6. The fraction of sp³-hybridized carbons (Fsp3) is 0. The zero-order valence-electron chi connectivity index (χ0n) is 32.6. The van der Waals surface area contributed by atoms with Crippen molar-refractivity contribution in [2.45, 2.75) is 0 Å². The van der Waals surface area contributed by atoms with E-state index in [2.05, 4.69) is 199 Å². The van der Waals surface area contributed by atoms with Crippen molar-refractivity contribution < 1.29 is 4.42 Å². The fourth-order valence-electron chi connectivity index (χ4n) is 8.37. The summed E-state index contributed by atoms with van der Waals surface area (Å²) in [6.07, 6.45) is 0. The monoisotopic (exact) mass is 767 g/mol. The standard InChI is InChI=1S/C56H37N3O/c1-4-15-38(16-5-1)40-27-29-43(30-28-40)55-56(58-49-23-12-11-22-48(49)57-55)44-33-36-52-47(37-44)54-51(25-14-26-53(54)60-52)59(45-34-31-41(32-35-45)39-17-6-2-7-18-39)50-24-13-10-21-46(50)42-19-8-3-9-20-42/h1-37H. The van der Waals surface area contributed by atoms with Crippen molar-refractivity contribution in [1.29, 1.82) is 0 Å². The summed E-state index contributed by atoms with van der Waals surface area (Å²) in [7, 11) is 0. The normalized spacial score (nSPS) is 11.3. The van der Waals surface area contributed by atoms with Gasteiger partial charge in [-0.1, -0.05) is 164 Å². The molecule has 0 aliphatic rings. The van der Waals surface area contributed by atoms with Gasteiger partial charge in [0.15, 0.2) is 0 Å².